The molecule has 0 spiro atoms. The molecule has 0 saturated heterocycles. The number of aromatic nitrogens is 3. The third kappa shape index (κ3) is 4.51. The van der Waals surface area contributed by atoms with Gasteiger partial charge in [0.1, 0.15) is 6.33 Å². The van der Waals surface area contributed by atoms with E-state index >= 15 is 0 Å². The first-order chi connectivity index (χ1) is 13.0. The normalized spacial score (nSPS) is 13.2. The summed E-state index contributed by atoms with van der Waals surface area (Å²) >= 11 is 1.24. The molecule has 0 unspecified atom stereocenters. The molecule has 2 aromatic carbocycles. The van der Waals surface area contributed by atoms with Crippen molar-refractivity contribution in [1.82, 2.24) is 14.8 Å². The second-order valence-electron chi connectivity index (χ2n) is 5.99. The molecule has 8 heteroatoms. The molecule has 0 aliphatic heterocycles. The molecule has 0 fully saturated rings. The van der Waals surface area contributed by atoms with E-state index in [9.17, 15) is 13.6 Å². The van der Waals surface area contributed by atoms with Gasteiger partial charge in [-0.3, -0.25) is 4.79 Å². The first kappa shape index (κ1) is 19.0. The van der Waals surface area contributed by atoms with Gasteiger partial charge in [0, 0.05) is 11.8 Å². The molecular weight excluding hydrogens is 370 g/mol. The summed E-state index contributed by atoms with van der Waals surface area (Å²) < 4.78 is 28.2. The molecule has 2 atom stereocenters. The van der Waals surface area contributed by atoms with Crippen LogP contribution < -0.4 is 5.32 Å². The van der Waals surface area contributed by atoms with Gasteiger partial charge in [0.25, 0.3) is 0 Å². The number of nitrogens with zero attached hydrogens (tertiary/aromatic N) is 3. The summed E-state index contributed by atoms with van der Waals surface area (Å²) in [5.41, 5.74) is 1.29. The van der Waals surface area contributed by atoms with Crippen molar-refractivity contribution in [1.29, 1.82) is 0 Å². The number of benzene rings is 2. The number of hydrogen-bond acceptors (Lipinski definition) is 4. The zero-order chi connectivity index (χ0) is 19.4. The fraction of sp³-hybridized carbons (Fsp3) is 0.211. The zero-order valence-electron chi connectivity index (χ0n) is 14.8. The van der Waals surface area contributed by atoms with Gasteiger partial charge in [-0.15, -0.1) is 10.2 Å². The van der Waals surface area contributed by atoms with Crippen LogP contribution in [0.25, 0.3) is 0 Å². The van der Waals surface area contributed by atoms with Crippen LogP contribution in [0.15, 0.2) is 60.0 Å². The number of carbonyl (C=O) groups is 1. The topological polar surface area (TPSA) is 59.8 Å². The van der Waals surface area contributed by atoms with Gasteiger partial charge < -0.3 is 9.88 Å². The number of anilines is 1. The van der Waals surface area contributed by atoms with Crippen molar-refractivity contribution in [3.05, 3.63) is 72.1 Å². The van der Waals surface area contributed by atoms with E-state index in [1.54, 1.807) is 13.3 Å². The van der Waals surface area contributed by atoms with Crippen LogP contribution in [0.1, 0.15) is 25.5 Å². The molecule has 5 nitrogen and oxygen atoms in total. The van der Waals surface area contributed by atoms with Crippen LogP contribution in [-0.4, -0.2) is 25.9 Å². The van der Waals surface area contributed by atoms with Crippen molar-refractivity contribution < 1.29 is 13.6 Å². The maximum Gasteiger partial charge on any atom is 0.237 e. The number of hydrogen-bond donors (Lipinski definition) is 1. The molecule has 1 N–H and O–H groups in total. The molecule has 0 aliphatic rings. The summed E-state index contributed by atoms with van der Waals surface area (Å²) in [6, 6.07) is 13.1. The molecule has 3 rings (SSSR count). The van der Waals surface area contributed by atoms with E-state index in [1.165, 1.54) is 17.8 Å². The van der Waals surface area contributed by atoms with Gasteiger partial charge in [0.05, 0.1) is 11.3 Å². The van der Waals surface area contributed by atoms with Gasteiger partial charge in [-0.2, -0.15) is 0 Å². The Morgan fingerprint density at radius 1 is 1.11 bits per heavy atom. The van der Waals surface area contributed by atoms with Crippen LogP contribution >= 0.6 is 11.8 Å². The van der Waals surface area contributed by atoms with Crippen molar-refractivity contribution in [3.8, 4) is 0 Å². The highest BCUT2D eigenvalue weighted by atomic mass is 32.2. The fourth-order valence-corrected chi connectivity index (χ4v) is 3.41. The fourth-order valence-electron chi connectivity index (χ4n) is 2.50. The van der Waals surface area contributed by atoms with Crippen molar-refractivity contribution in [2.24, 2.45) is 0 Å². The molecular formula is C19H18F2N4OS. The number of nitrogens with one attached hydrogen (secondary N) is 1. The maximum absolute atomic E-state index is 13.3. The van der Waals surface area contributed by atoms with E-state index in [2.05, 4.69) is 15.5 Å². The van der Waals surface area contributed by atoms with Crippen LogP contribution in [0.2, 0.25) is 0 Å². The second kappa shape index (κ2) is 8.30. The van der Waals surface area contributed by atoms with E-state index < -0.39 is 16.9 Å². The third-order valence-electron chi connectivity index (χ3n) is 4.08. The Morgan fingerprint density at radius 3 is 2.56 bits per heavy atom. The van der Waals surface area contributed by atoms with Crippen LogP contribution in [0.4, 0.5) is 14.5 Å². The van der Waals surface area contributed by atoms with Gasteiger partial charge in [-0.05, 0) is 31.5 Å². The number of halogens is 2. The summed E-state index contributed by atoms with van der Waals surface area (Å²) in [4.78, 5) is 12.4. The number of amides is 1. The number of thioether (sulfide) groups is 1. The van der Waals surface area contributed by atoms with Crippen LogP contribution in [0.3, 0.4) is 0 Å². The highest BCUT2D eigenvalue weighted by molar-refractivity contribution is 8.00. The van der Waals surface area contributed by atoms with Crippen molar-refractivity contribution >= 4 is 23.4 Å². The molecule has 0 aliphatic carbocycles. The highest BCUT2D eigenvalue weighted by Gasteiger charge is 2.20. The van der Waals surface area contributed by atoms with Crippen LogP contribution in [0, 0.1) is 11.6 Å². The van der Waals surface area contributed by atoms with Gasteiger partial charge in [-0.25, -0.2) is 8.78 Å². The van der Waals surface area contributed by atoms with Crippen molar-refractivity contribution in [2.45, 2.75) is 30.3 Å². The highest BCUT2D eigenvalue weighted by Crippen LogP contribution is 2.27. The molecule has 0 bridgehead atoms. The minimum absolute atomic E-state index is 0.00477. The largest absolute Gasteiger partial charge is 0.325 e. The van der Waals surface area contributed by atoms with E-state index in [0.29, 0.717) is 5.16 Å². The molecule has 1 amide bonds. The molecule has 140 valence electrons. The Hall–Kier alpha value is -2.74. The lowest BCUT2D eigenvalue weighted by Gasteiger charge is -2.17. The van der Waals surface area contributed by atoms with Gasteiger partial charge in [0.15, 0.2) is 16.8 Å². The van der Waals surface area contributed by atoms with Crippen LogP contribution in [-0.2, 0) is 4.79 Å². The minimum Gasteiger partial charge on any atom is -0.325 e. The van der Waals surface area contributed by atoms with E-state index in [-0.39, 0.29) is 17.6 Å². The Kier molecular flexibility index (Phi) is 5.85. The summed E-state index contributed by atoms with van der Waals surface area (Å²) in [6.45, 7) is 3.74. The van der Waals surface area contributed by atoms with E-state index in [0.717, 1.165) is 17.7 Å². The first-order valence-corrected chi connectivity index (χ1v) is 9.20. The molecule has 3 aromatic rings. The van der Waals surface area contributed by atoms with E-state index in [1.807, 2.05) is 41.8 Å². The predicted molar refractivity (Wildman–Crippen MR) is 101 cm³/mol. The molecule has 1 aromatic heterocycles. The van der Waals surface area contributed by atoms with E-state index in [4.69, 9.17) is 0 Å². The monoisotopic (exact) mass is 388 g/mol. The second-order valence-corrected chi connectivity index (χ2v) is 7.29. The quantitative estimate of drug-likeness (QED) is 0.640. The summed E-state index contributed by atoms with van der Waals surface area (Å²) in [7, 11) is 0. The molecule has 1 heterocycles. The molecule has 0 saturated carbocycles. The van der Waals surface area contributed by atoms with Crippen molar-refractivity contribution in [2.75, 3.05) is 5.32 Å². The SMILES string of the molecule is C[C@H](c1ccccc1)n1cnnc1S[C@H](C)C(=O)Nc1ccc(F)c(F)c1. The Labute approximate surface area is 159 Å². The lowest BCUT2D eigenvalue weighted by Crippen LogP contribution is -2.23. The zero-order valence-corrected chi connectivity index (χ0v) is 15.6. The predicted octanol–water partition coefficient (Wildman–Crippen LogP) is 4.28. The summed E-state index contributed by atoms with van der Waals surface area (Å²) in [5, 5.41) is 10.7. The maximum atomic E-state index is 13.3. The van der Waals surface area contributed by atoms with Crippen LogP contribution in [0.5, 0.6) is 0 Å². The Balaban J connectivity index is 1.69. The lowest BCUT2D eigenvalue weighted by molar-refractivity contribution is -0.115. The lowest BCUT2D eigenvalue weighted by atomic mass is 10.1. The number of rotatable bonds is 6. The average molecular weight is 388 g/mol. The summed E-state index contributed by atoms with van der Waals surface area (Å²) in [5.74, 6) is -2.31. The van der Waals surface area contributed by atoms with Gasteiger partial charge in [0.2, 0.25) is 5.91 Å². The third-order valence-corrected chi connectivity index (χ3v) is 5.15. The number of carbonyl (C=O) groups excluding carboxylic acids is 1. The Bertz CT molecular complexity index is 932. The van der Waals surface area contributed by atoms with Crippen molar-refractivity contribution in [3.63, 3.8) is 0 Å². The van der Waals surface area contributed by atoms with Gasteiger partial charge >= 0.3 is 0 Å². The summed E-state index contributed by atoms with van der Waals surface area (Å²) in [6.07, 6.45) is 1.62. The Morgan fingerprint density at radius 2 is 1.85 bits per heavy atom. The molecule has 0 radical (unpaired) electrons. The first-order valence-electron chi connectivity index (χ1n) is 8.32. The smallest absolute Gasteiger partial charge is 0.237 e. The standard InChI is InChI=1S/C19H18F2N4OS/c1-12(14-6-4-3-5-7-14)25-11-22-24-19(25)27-13(2)18(26)23-15-8-9-16(20)17(21)10-15/h3-13H,1-2H3,(H,23,26)/t12-,13-/m1/s1. The minimum atomic E-state index is -1.01. The molecule has 27 heavy (non-hydrogen) atoms. The van der Waals surface area contributed by atoms with Gasteiger partial charge in [-0.1, -0.05) is 42.1 Å². The average Bonchev–Trinajstić information content (AvgIpc) is 3.12.